The lowest BCUT2D eigenvalue weighted by Crippen LogP contribution is -2.31. The molecule has 0 bridgehead atoms. The first-order chi connectivity index (χ1) is 10.3. The van der Waals surface area contributed by atoms with E-state index in [2.05, 4.69) is 95.6 Å². The smallest absolute Gasteiger partial charge is 0.0208 e. The van der Waals surface area contributed by atoms with E-state index in [0.717, 1.165) is 0 Å². The maximum Gasteiger partial charge on any atom is 0.0208 e. The van der Waals surface area contributed by atoms with Gasteiger partial charge in [-0.2, -0.15) is 0 Å². The van der Waals surface area contributed by atoms with Crippen molar-refractivity contribution in [1.82, 2.24) is 0 Å². The highest BCUT2D eigenvalue weighted by Crippen LogP contribution is 2.49. The molecule has 0 nitrogen and oxygen atoms in total. The van der Waals surface area contributed by atoms with Gasteiger partial charge in [0.1, 0.15) is 0 Å². The van der Waals surface area contributed by atoms with Crippen LogP contribution < -0.4 is 0 Å². The van der Waals surface area contributed by atoms with Crippen LogP contribution in [-0.4, -0.2) is 23.0 Å². The lowest BCUT2D eigenvalue weighted by molar-refractivity contribution is 0.518. The SMILES string of the molecule is c1ccc2c(c1)SCC1(CS2)CSc2ccccc2SC1. The lowest BCUT2D eigenvalue weighted by atomic mass is 9.99. The first-order valence-electron chi connectivity index (χ1n) is 7.04. The summed E-state index contributed by atoms with van der Waals surface area (Å²) in [5.74, 6) is 4.96. The lowest BCUT2D eigenvalue weighted by Gasteiger charge is -2.29. The first-order valence-corrected chi connectivity index (χ1v) is 11.0. The Bertz CT molecular complexity index is 538. The van der Waals surface area contributed by atoms with E-state index < -0.39 is 0 Å². The molecule has 0 atom stereocenters. The van der Waals surface area contributed by atoms with E-state index in [1.807, 2.05) is 0 Å². The zero-order valence-corrected chi connectivity index (χ0v) is 14.8. The van der Waals surface area contributed by atoms with Crippen molar-refractivity contribution in [3.05, 3.63) is 48.5 Å². The Balaban J connectivity index is 1.57. The van der Waals surface area contributed by atoms with E-state index in [0.29, 0.717) is 5.41 Å². The summed E-state index contributed by atoms with van der Waals surface area (Å²) in [6, 6.07) is 17.8. The minimum absolute atomic E-state index is 0.433. The number of rotatable bonds is 0. The number of benzene rings is 2. The Morgan fingerprint density at radius 2 is 0.810 bits per heavy atom. The molecular formula is C17H16S4. The second-order valence-electron chi connectivity index (χ2n) is 5.55. The summed E-state index contributed by atoms with van der Waals surface area (Å²) in [5, 5.41) is 0. The third-order valence-electron chi connectivity index (χ3n) is 3.83. The molecule has 108 valence electrons. The van der Waals surface area contributed by atoms with E-state index in [4.69, 9.17) is 0 Å². The molecule has 2 aromatic rings. The quantitative estimate of drug-likeness (QED) is 0.592. The topological polar surface area (TPSA) is 0 Å². The monoisotopic (exact) mass is 348 g/mol. The van der Waals surface area contributed by atoms with E-state index in [1.54, 1.807) is 0 Å². The van der Waals surface area contributed by atoms with Gasteiger partial charge in [-0.05, 0) is 24.3 Å². The fourth-order valence-corrected chi connectivity index (χ4v) is 8.64. The van der Waals surface area contributed by atoms with Crippen LogP contribution >= 0.6 is 47.0 Å². The van der Waals surface area contributed by atoms with E-state index >= 15 is 0 Å². The summed E-state index contributed by atoms with van der Waals surface area (Å²) < 4.78 is 0. The van der Waals surface area contributed by atoms with Crippen LogP contribution in [-0.2, 0) is 0 Å². The molecule has 0 unspecified atom stereocenters. The van der Waals surface area contributed by atoms with Crippen LogP contribution in [0.25, 0.3) is 0 Å². The van der Waals surface area contributed by atoms with Crippen molar-refractivity contribution < 1.29 is 0 Å². The molecule has 2 aromatic carbocycles. The van der Waals surface area contributed by atoms with Gasteiger partial charge < -0.3 is 0 Å². The second kappa shape index (κ2) is 6.15. The van der Waals surface area contributed by atoms with Crippen molar-refractivity contribution in [1.29, 1.82) is 0 Å². The summed E-state index contributed by atoms with van der Waals surface area (Å²) in [7, 11) is 0. The maximum atomic E-state index is 2.28. The van der Waals surface area contributed by atoms with Gasteiger partial charge in [0.15, 0.2) is 0 Å². The first kappa shape index (κ1) is 14.4. The largest absolute Gasteiger partial charge is 0.124 e. The maximum absolute atomic E-state index is 2.28. The van der Waals surface area contributed by atoms with Crippen molar-refractivity contribution in [2.75, 3.05) is 23.0 Å². The molecule has 0 saturated carbocycles. The molecule has 0 fully saturated rings. The van der Waals surface area contributed by atoms with Gasteiger partial charge in [-0.1, -0.05) is 24.3 Å². The van der Waals surface area contributed by atoms with Crippen molar-refractivity contribution in [2.24, 2.45) is 5.41 Å². The molecule has 21 heavy (non-hydrogen) atoms. The average molecular weight is 349 g/mol. The normalized spacial score (nSPS) is 20.2. The predicted octanol–water partition coefficient (Wildman–Crippen LogP) is 5.77. The van der Waals surface area contributed by atoms with Gasteiger partial charge in [0.2, 0.25) is 0 Å². The Kier molecular flexibility index (Phi) is 4.23. The summed E-state index contributed by atoms with van der Waals surface area (Å²) in [5.41, 5.74) is 0.433. The minimum Gasteiger partial charge on any atom is -0.124 e. The molecule has 0 aromatic heterocycles. The van der Waals surface area contributed by atoms with Gasteiger partial charge in [-0.15, -0.1) is 47.0 Å². The van der Waals surface area contributed by atoms with E-state index in [1.165, 1.54) is 42.6 Å². The summed E-state index contributed by atoms with van der Waals surface area (Å²) in [6.45, 7) is 0. The number of hydrogen-bond donors (Lipinski definition) is 0. The van der Waals surface area contributed by atoms with Crippen LogP contribution in [0, 0.1) is 5.41 Å². The molecule has 4 heteroatoms. The van der Waals surface area contributed by atoms with Crippen molar-refractivity contribution in [3.8, 4) is 0 Å². The van der Waals surface area contributed by atoms with Gasteiger partial charge in [0.05, 0.1) is 0 Å². The van der Waals surface area contributed by atoms with Crippen LogP contribution in [0.15, 0.2) is 68.1 Å². The fraction of sp³-hybridized carbons (Fsp3) is 0.294. The highest BCUT2D eigenvalue weighted by Gasteiger charge is 2.35. The van der Waals surface area contributed by atoms with Crippen LogP contribution in [0.3, 0.4) is 0 Å². The molecule has 2 heterocycles. The molecule has 0 saturated heterocycles. The van der Waals surface area contributed by atoms with Crippen molar-refractivity contribution in [2.45, 2.75) is 19.6 Å². The standard InChI is InChI=1S/C17H16S4/c1-2-6-14-13(5-1)18-9-17(10-19-14)11-20-15-7-3-4-8-16(15)21-12-17/h1-8H,9-12H2. The van der Waals surface area contributed by atoms with Gasteiger partial charge in [0, 0.05) is 48.0 Å². The molecule has 4 rings (SSSR count). The highest BCUT2D eigenvalue weighted by molar-refractivity contribution is 8.04. The molecular weight excluding hydrogens is 332 g/mol. The number of hydrogen-bond acceptors (Lipinski definition) is 4. The van der Waals surface area contributed by atoms with Gasteiger partial charge >= 0.3 is 0 Å². The molecule has 2 aliphatic heterocycles. The number of fused-ring (bicyclic) bond motifs is 2. The van der Waals surface area contributed by atoms with Gasteiger partial charge in [0.25, 0.3) is 0 Å². The Morgan fingerprint density at radius 3 is 1.10 bits per heavy atom. The fourth-order valence-electron chi connectivity index (χ4n) is 2.55. The van der Waals surface area contributed by atoms with Crippen molar-refractivity contribution >= 4 is 47.0 Å². The second-order valence-corrected chi connectivity index (χ2v) is 9.62. The average Bonchev–Trinajstić information content (AvgIpc) is 2.84. The third kappa shape index (κ3) is 3.00. The van der Waals surface area contributed by atoms with Gasteiger partial charge in [-0.25, -0.2) is 0 Å². The highest BCUT2D eigenvalue weighted by atomic mass is 32.2. The van der Waals surface area contributed by atoms with Crippen LogP contribution in [0.5, 0.6) is 0 Å². The Morgan fingerprint density at radius 1 is 0.524 bits per heavy atom. The molecule has 0 N–H and O–H groups in total. The molecule has 1 spiro atoms. The zero-order valence-electron chi connectivity index (χ0n) is 11.6. The molecule has 0 amide bonds. The van der Waals surface area contributed by atoms with Crippen LogP contribution in [0.4, 0.5) is 0 Å². The van der Waals surface area contributed by atoms with E-state index in [-0.39, 0.29) is 0 Å². The van der Waals surface area contributed by atoms with E-state index in [9.17, 15) is 0 Å². The Labute approximate surface area is 143 Å². The Hall–Kier alpha value is -0.160. The number of thioether (sulfide) groups is 4. The summed E-state index contributed by atoms with van der Waals surface area (Å²) in [6.07, 6.45) is 0. The van der Waals surface area contributed by atoms with Crippen molar-refractivity contribution in [3.63, 3.8) is 0 Å². The van der Waals surface area contributed by atoms with Gasteiger partial charge in [-0.3, -0.25) is 0 Å². The van der Waals surface area contributed by atoms with Crippen LogP contribution in [0.1, 0.15) is 0 Å². The summed E-state index contributed by atoms with van der Waals surface area (Å²) in [4.78, 5) is 5.87. The van der Waals surface area contributed by atoms with Crippen LogP contribution in [0.2, 0.25) is 0 Å². The third-order valence-corrected chi connectivity index (χ3v) is 9.79. The predicted molar refractivity (Wildman–Crippen MR) is 98.2 cm³/mol. The molecule has 0 aliphatic carbocycles. The molecule has 0 radical (unpaired) electrons. The zero-order chi connectivity index (χ0) is 14.1. The summed E-state index contributed by atoms with van der Waals surface area (Å²) >= 11 is 8.22. The molecule has 2 aliphatic rings. The minimum atomic E-state index is 0.433.